The summed E-state index contributed by atoms with van der Waals surface area (Å²) in [5.41, 5.74) is 5.43. The van der Waals surface area contributed by atoms with Gasteiger partial charge in [-0.05, 0) is 17.7 Å². The maximum atomic E-state index is 12.5. The summed E-state index contributed by atoms with van der Waals surface area (Å²) in [5.74, 6) is -0.0514. The van der Waals surface area contributed by atoms with Crippen molar-refractivity contribution in [2.45, 2.75) is 12.7 Å². The number of nitrogens with zero attached hydrogens (tertiary/aromatic N) is 3. The topological polar surface area (TPSA) is 89.6 Å². The number of nitrogens with two attached hydrogens (primary N) is 1. The van der Waals surface area contributed by atoms with E-state index in [1.54, 1.807) is 0 Å². The highest BCUT2D eigenvalue weighted by atomic mass is 19.4. The number of anilines is 1. The highest BCUT2D eigenvalue weighted by Gasteiger charge is 2.29. The average Bonchev–Trinajstić information content (AvgIpc) is 2.91. The number of hydrogen-bond acceptors (Lipinski definition) is 4. The van der Waals surface area contributed by atoms with E-state index in [9.17, 15) is 18.0 Å². The third kappa shape index (κ3) is 2.41. The van der Waals surface area contributed by atoms with Crippen LogP contribution in [0.25, 0.3) is 11.2 Å². The number of H-pyrrole nitrogens is 1. The van der Waals surface area contributed by atoms with Crippen molar-refractivity contribution in [2.75, 3.05) is 5.73 Å². The molecule has 0 atom stereocenters. The first kappa shape index (κ1) is 14.1. The quantitative estimate of drug-likeness (QED) is 0.755. The molecule has 0 bridgehead atoms. The predicted octanol–water partition coefficient (Wildman–Crippen LogP) is 1.77. The van der Waals surface area contributed by atoms with Gasteiger partial charge in [-0.3, -0.25) is 9.36 Å². The van der Waals surface area contributed by atoms with Crippen LogP contribution in [0.5, 0.6) is 0 Å². The van der Waals surface area contributed by atoms with Crippen LogP contribution in [0.4, 0.5) is 19.1 Å². The fourth-order valence-electron chi connectivity index (χ4n) is 2.07. The van der Waals surface area contributed by atoms with Crippen LogP contribution in [0, 0.1) is 0 Å². The summed E-state index contributed by atoms with van der Waals surface area (Å²) < 4.78 is 38.7. The molecule has 0 radical (unpaired) electrons. The molecule has 6 nitrogen and oxygen atoms in total. The van der Waals surface area contributed by atoms with Crippen molar-refractivity contribution in [3.05, 3.63) is 52.1 Å². The number of fused-ring (bicyclic) bond motifs is 1. The summed E-state index contributed by atoms with van der Waals surface area (Å²) >= 11 is 0. The minimum absolute atomic E-state index is 0.0186. The number of aromatic nitrogens is 4. The van der Waals surface area contributed by atoms with Crippen LogP contribution in [0.3, 0.4) is 0 Å². The van der Waals surface area contributed by atoms with Gasteiger partial charge >= 0.3 is 6.18 Å². The molecule has 22 heavy (non-hydrogen) atoms. The maximum absolute atomic E-state index is 12.5. The molecule has 2 aromatic heterocycles. The maximum Gasteiger partial charge on any atom is 0.416 e. The van der Waals surface area contributed by atoms with Gasteiger partial charge < -0.3 is 10.7 Å². The SMILES string of the molecule is Nc1nc2nc[nH]c2c(=O)n1Cc1ccc(C(F)(F)F)cc1. The monoisotopic (exact) mass is 309 g/mol. The second-order valence-corrected chi connectivity index (χ2v) is 4.66. The molecular formula is C13H10F3N5O. The smallest absolute Gasteiger partial charge is 0.369 e. The van der Waals surface area contributed by atoms with Gasteiger partial charge in [-0.1, -0.05) is 12.1 Å². The normalized spacial score (nSPS) is 12.0. The minimum atomic E-state index is -4.40. The second-order valence-electron chi connectivity index (χ2n) is 4.66. The van der Waals surface area contributed by atoms with Gasteiger partial charge in [0.2, 0.25) is 5.95 Å². The van der Waals surface area contributed by atoms with E-state index >= 15 is 0 Å². The van der Waals surface area contributed by atoms with Crippen LogP contribution in [0.2, 0.25) is 0 Å². The van der Waals surface area contributed by atoms with Gasteiger partial charge in [0.15, 0.2) is 11.2 Å². The first-order valence-electron chi connectivity index (χ1n) is 6.22. The van der Waals surface area contributed by atoms with Crippen LogP contribution in [-0.4, -0.2) is 19.5 Å². The molecular weight excluding hydrogens is 299 g/mol. The highest BCUT2D eigenvalue weighted by Crippen LogP contribution is 2.29. The van der Waals surface area contributed by atoms with Crippen LogP contribution < -0.4 is 11.3 Å². The number of aromatic amines is 1. The van der Waals surface area contributed by atoms with Gasteiger partial charge in [0.25, 0.3) is 5.56 Å². The molecule has 9 heteroatoms. The van der Waals surface area contributed by atoms with Crippen molar-refractivity contribution < 1.29 is 13.2 Å². The fraction of sp³-hybridized carbons (Fsp3) is 0.154. The molecule has 0 aliphatic rings. The molecule has 0 saturated carbocycles. The summed E-state index contributed by atoms with van der Waals surface area (Å²) in [6.07, 6.45) is -3.08. The molecule has 0 saturated heterocycles. The number of hydrogen-bond donors (Lipinski definition) is 2. The van der Waals surface area contributed by atoms with Gasteiger partial charge in [-0.15, -0.1) is 0 Å². The first-order chi connectivity index (χ1) is 10.4. The van der Waals surface area contributed by atoms with Crippen LogP contribution in [0.15, 0.2) is 35.4 Å². The van der Waals surface area contributed by atoms with E-state index in [0.29, 0.717) is 5.56 Å². The average molecular weight is 309 g/mol. The van der Waals surface area contributed by atoms with Crippen molar-refractivity contribution in [3.8, 4) is 0 Å². The van der Waals surface area contributed by atoms with E-state index in [0.717, 1.165) is 12.1 Å². The van der Waals surface area contributed by atoms with E-state index in [4.69, 9.17) is 5.73 Å². The fourth-order valence-corrected chi connectivity index (χ4v) is 2.07. The van der Waals surface area contributed by atoms with Gasteiger partial charge in [0.1, 0.15) is 0 Å². The lowest BCUT2D eigenvalue weighted by molar-refractivity contribution is -0.137. The standard InChI is InChI=1S/C13H10F3N5O/c14-13(15,16)8-3-1-7(2-4-8)5-21-11(22)9-10(19-6-18-9)20-12(21)17/h1-4,6H,5H2,(H2,17,20)(H,18,19). The van der Waals surface area contributed by atoms with Gasteiger partial charge in [-0.2, -0.15) is 18.2 Å². The lowest BCUT2D eigenvalue weighted by atomic mass is 10.1. The Kier molecular flexibility index (Phi) is 3.12. The van der Waals surface area contributed by atoms with E-state index in [-0.39, 0.29) is 23.7 Å². The molecule has 3 rings (SSSR count). The summed E-state index contributed by atoms with van der Waals surface area (Å²) in [6.45, 7) is 0.0186. The van der Waals surface area contributed by atoms with E-state index < -0.39 is 17.3 Å². The van der Waals surface area contributed by atoms with E-state index in [2.05, 4.69) is 15.0 Å². The minimum Gasteiger partial charge on any atom is -0.369 e. The summed E-state index contributed by atoms with van der Waals surface area (Å²) in [4.78, 5) is 22.7. The Balaban J connectivity index is 1.98. The summed E-state index contributed by atoms with van der Waals surface area (Å²) in [6, 6.07) is 4.51. The molecule has 1 aromatic carbocycles. The Morgan fingerprint density at radius 2 is 1.91 bits per heavy atom. The number of nitrogen functional groups attached to an aromatic ring is 1. The second kappa shape index (κ2) is 4.86. The molecule has 0 aliphatic carbocycles. The molecule has 0 aliphatic heterocycles. The predicted molar refractivity (Wildman–Crippen MR) is 73.1 cm³/mol. The molecule has 0 amide bonds. The Bertz CT molecular complexity index is 879. The lowest BCUT2D eigenvalue weighted by Gasteiger charge is -2.10. The zero-order valence-corrected chi connectivity index (χ0v) is 11.1. The largest absolute Gasteiger partial charge is 0.416 e. The summed E-state index contributed by atoms with van der Waals surface area (Å²) in [7, 11) is 0. The molecule has 114 valence electrons. The van der Waals surface area contributed by atoms with Crippen LogP contribution in [0.1, 0.15) is 11.1 Å². The Morgan fingerprint density at radius 3 is 2.55 bits per heavy atom. The zero-order chi connectivity index (χ0) is 15.9. The molecule has 0 spiro atoms. The molecule has 0 fully saturated rings. The third-order valence-electron chi connectivity index (χ3n) is 3.20. The number of rotatable bonds is 2. The van der Waals surface area contributed by atoms with E-state index in [1.165, 1.54) is 23.0 Å². The zero-order valence-electron chi connectivity index (χ0n) is 11.1. The number of benzene rings is 1. The summed E-state index contributed by atoms with van der Waals surface area (Å²) in [5, 5.41) is 0. The van der Waals surface area contributed by atoms with Crippen molar-refractivity contribution in [1.82, 2.24) is 19.5 Å². The van der Waals surface area contributed by atoms with Gasteiger partial charge in [0.05, 0.1) is 18.4 Å². The van der Waals surface area contributed by atoms with Crippen LogP contribution >= 0.6 is 0 Å². The lowest BCUT2D eigenvalue weighted by Crippen LogP contribution is -2.25. The molecule has 3 N–H and O–H groups in total. The Labute approximate surface area is 121 Å². The van der Waals surface area contributed by atoms with Crippen molar-refractivity contribution in [3.63, 3.8) is 0 Å². The first-order valence-corrected chi connectivity index (χ1v) is 6.22. The van der Waals surface area contributed by atoms with E-state index in [1.807, 2.05) is 0 Å². The number of imidazole rings is 1. The number of alkyl halides is 3. The van der Waals surface area contributed by atoms with Crippen LogP contribution in [-0.2, 0) is 12.7 Å². The third-order valence-corrected chi connectivity index (χ3v) is 3.20. The molecule has 3 aromatic rings. The van der Waals surface area contributed by atoms with Gasteiger partial charge in [-0.25, -0.2) is 4.98 Å². The van der Waals surface area contributed by atoms with Crippen molar-refractivity contribution in [2.24, 2.45) is 0 Å². The van der Waals surface area contributed by atoms with Crippen molar-refractivity contribution >= 4 is 17.1 Å². The Hall–Kier alpha value is -2.84. The molecule has 0 unspecified atom stereocenters. The van der Waals surface area contributed by atoms with Gasteiger partial charge in [0, 0.05) is 0 Å². The Morgan fingerprint density at radius 1 is 1.23 bits per heavy atom. The number of halogens is 3. The van der Waals surface area contributed by atoms with Crippen molar-refractivity contribution in [1.29, 1.82) is 0 Å². The number of nitrogens with one attached hydrogen (secondary N) is 1. The highest BCUT2D eigenvalue weighted by molar-refractivity contribution is 5.69. The molecule has 2 heterocycles.